The Hall–Kier alpha value is -4.95. The average Bonchev–Trinajstić information content (AvgIpc) is 3.10. The Morgan fingerprint density at radius 3 is 2.11 bits per heavy atom. The van der Waals surface area contributed by atoms with Crippen molar-refractivity contribution < 1.29 is 33.3 Å². The zero-order valence-corrected chi connectivity index (χ0v) is 27.8. The van der Waals surface area contributed by atoms with E-state index in [1.807, 2.05) is 81.4 Å². The van der Waals surface area contributed by atoms with E-state index in [1.54, 1.807) is 37.3 Å². The number of esters is 1. The summed E-state index contributed by atoms with van der Waals surface area (Å²) in [6, 6.07) is 28.9. The summed E-state index contributed by atoms with van der Waals surface area (Å²) < 4.78 is 29.7. The van der Waals surface area contributed by atoms with E-state index >= 15 is 0 Å². The predicted octanol–water partition coefficient (Wildman–Crippen LogP) is 8.27. The van der Waals surface area contributed by atoms with Crippen LogP contribution in [0.25, 0.3) is 6.08 Å². The number of rotatable bonds is 14. The molecule has 0 fully saturated rings. The highest BCUT2D eigenvalue weighted by Gasteiger charge is 2.18. The third-order valence-electron chi connectivity index (χ3n) is 6.72. The van der Waals surface area contributed by atoms with Gasteiger partial charge in [-0.1, -0.05) is 100 Å². The Kier molecular flexibility index (Phi) is 17.7. The van der Waals surface area contributed by atoms with E-state index in [-0.39, 0.29) is 43.6 Å². The molecule has 1 N–H and O–H groups in total. The van der Waals surface area contributed by atoms with Gasteiger partial charge in [0.05, 0.1) is 13.2 Å². The lowest BCUT2D eigenvalue weighted by atomic mass is 10.1. The number of halogens is 1. The van der Waals surface area contributed by atoms with E-state index in [0.717, 1.165) is 16.7 Å². The molecular formula is C39H46FNO6. The minimum absolute atomic E-state index is 0.157. The molecule has 0 aliphatic heterocycles. The number of phenolic OH excluding ortho intramolecular Hbond substituents is 1. The van der Waals surface area contributed by atoms with E-state index in [4.69, 9.17) is 14.2 Å². The highest BCUT2D eigenvalue weighted by molar-refractivity contribution is 5.82. The molecular weight excluding hydrogens is 597 g/mol. The Bertz CT molecular complexity index is 1510. The van der Waals surface area contributed by atoms with Gasteiger partial charge in [0.25, 0.3) is 0 Å². The molecule has 4 aromatic rings. The van der Waals surface area contributed by atoms with Crippen molar-refractivity contribution in [2.75, 3.05) is 19.8 Å². The summed E-state index contributed by atoms with van der Waals surface area (Å²) in [6.45, 7) is 12.9. The normalized spacial score (nSPS) is 9.98. The summed E-state index contributed by atoms with van der Waals surface area (Å²) in [5.41, 5.74) is 4.26. The third-order valence-corrected chi connectivity index (χ3v) is 6.72. The van der Waals surface area contributed by atoms with Gasteiger partial charge in [-0.25, -0.2) is 4.39 Å². The van der Waals surface area contributed by atoms with E-state index < -0.39 is 5.97 Å². The first-order valence-electron chi connectivity index (χ1n) is 15.7. The minimum atomic E-state index is -0.486. The maximum Gasteiger partial charge on any atom is 0.325 e. The van der Waals surface area contributed by atoms with Gasteiger partial charge in [-0.3, -0.25) is 9.59 Å². The number of benzene rings is 4. The van der Waals surface area contributed by atoms with Gasteiger partial charge in [0.1, 0.15) is 37.1 Å². The first-order valence-corrected chi connectivity index (χ1v) is 15.7. The summed E-state index contributed by atoms with van der Waals surface area (Å²) in [4.78, 5) is 25.6. The van der Waals surface area contributed by atoms with Crippen molar-refractivity contribution in [2.24, 2.45) is 0 Å². The highest BCUT2D eigenvalue weighted by atomic mass is 19.1. The number of nitrogens with zero attached hydrogens (tertiary/aromatic N) is 1. The molecule has 8 heteroatoms. The van der Waals surface area contributed by atoms with Crippen LogP contribution in [0.15, 0.2) is 104 Å². The number of hydrogen-bond acceptors (Lipinski definition) is 6. The summed E-state index contributed by atoms with van der Waals surface area (Å²) in [5, 5.41) is 9.66. The van der Waals surface area contributed by atoms with Crippen LogP contribution >= 0.6 is 0 Å². The molecule has 0 aliphatic rings. The van der Waals surface area contributed by atoms with Gasteiger partial charge in [0.15, 0.2) is 0 Å². The van der Waals surface area contributed by atoms with Gasteiger partial charge < -0.3 is 24.2 Å². The number of carbonyl (C=O) groups excluding carboxylic acids is 2. The fraction of sp³-hybridized carbons (Fsp3) is 0.282. The van der Waals surface area contributed by atoms with Gasteiger partial charge in [0, 0.05) is 24.6 Å². The van der Waals surface area contributed by atoms with Crippen molar-refractivity contribution >= 4 is 18.0 Å². The maximum absolute atomic E-state index is 13.5. The molecule has 0 saturated heterocycles. The van der Waals surface area contributed by atoms with Crippen LogP contribution in [-0.2, 0) is 38.8 Å². The number of amides is 1. The second-order valence-electron chi connectivity index (χ2n) is 10.1. The molecule has 0 spiro atoms. The van der Waals surface area contributed by atoms with Gasteiger partial charge >= 0.3 is 5.97 Å². The molecule has 4 rings (SSSR count). The molecule has 0 aliphatic carbocycles. The first-order chi connectivity index (χ1) is 22.8. The Balaban J connectivity index is 0.000000317. The van der Waals surface area contributed by atoms with Crippen molar-refractivity contribution in [1.29, 1.82) is 0 Å². The van der Waals surface area contributed by atoms with E-state index in [1.165, 1.54) is 17.0 Å². The fourth-order valence-electron chi connectivity index (χ4n) is 4.18. The van der Waals surface area contributed by atoms with Crippen LogP contribution in [0.3, 0.4) is 0 Å². The van der Waals surface area contributed by atoms with Crippen molar-refractivity contribution in [3.8, 4) is 11.5 Å². The molecule has 0 aromatic heterocycles. The molecule has 250 valence electrons. The van der Waals surface area contributed by atoms with Crippen molar-refractivity contribution in [1.82, 2.24) is 4.90 Å². The highest BCUT2D eigenvalue weighted by Crippen LogP contribution is 2.24. The summed E-state index contributed by atoms with van der Waals surface area (Å²) in [6.07, 6.45) is 1.86. The molecule has 0 atom stereocenters. The number of ether oxygens (including phenoxy) is 3. The third kappa shape index (κ3) is 14.3. The van der Waals surface area contributed by atoms with Crippen LogP contribution in [0.2, 0.25) is 0 Å². The molecule has 0 bridgehead atoms. The summed E-state index contributed by atoms with van der Waals surface area (Å²) in [5.74, 6) is -0.240. The van der Waals surface area contributed by atoms with Crippen molar-refractivity contribution in [2.45, 2.75) is 53.9 Å². The summed E-state index contributed by atoms with van der Waals surface area (Å²) >= 11 is 0. The van der Waals surface area contributed by atoms with Gasteiger partial charge in [-0.2, -0.15) is 0 Å². The van der Waals surface area contributed by atoms with Crippen LogP contribution in [0.1, 0.15) is 55.0 Å². The van der Waals surface area contributed by atoms with Gasteiger partial charge in [-0.05, 0) is 53.4 Å². The van der Waals surface area contributed by atoms with Gasteiger partial charge in [0.2, 0.25) is 5.91 Å². The molecule has 4 aromatic carbocycles. The number of aromatic hydroxyl groups is 1. The maximum atomic E-state index is 13.5. The van der Waals surface area contributed by atoms with E-state index in [9.17, 15) is 19.1 Å². The van der Waals surface area contributed by atoms with Crippen LogP contribution in [0.5, 0.6) is 11.5 Å². The second-order valence-corrected chi connectivity index (χ2v) is 10.1. The molecule has 0 unspecified atom stereocenters. The molecule has 0 saturated carbocycles. The average molecular weight is 644 g/mol. The monoisotopic (exact) mass is 643 g/mol. The predicted molar refractivity (Wildman–Crippen MR) is 184 cm³/mol. The summed E-state index contributed by atoms with van der Waals surface area (Å²) in [7, 11) is 0. The SMILES string of the molecule is C=Cc1ccc(OCCOCc2ccccc2)cc1O.CC.CCC(=O)N(CC(=O)OCc1ccccc1)Cc1cc(F)ccc1C. The minimum Gasteiger partial charge on any atom is -0.507 e. The van der Waals surface area contributed by atoms with E-state index in [2.05, 4.69) is 6.58 Å². The van der Waals surface area contributed by atoms with Gasteiger partial charge in [-0.15, -0.1) is 0 Å². The number of hydrogen-bond donors (Lipinski definition) is 1. The van der Waals surface area contributed by atoms with Crippen LogP contribution in [-0.4, -0.2) is 41.6 Å². The molecule has 1 amide bonds. The van der Waals surface area contributed by atoms with Crippen LogP contribution < -0.4 is 4.74 Å². The molecule has 7 nitrogen and oxygen atoms in total. The topological polar surface area (TPSA) is 85.3 Å². The molecule has 0 heterocycles. The first kappa shape index (κ1) is 38.2. The lowest BCUT2D eigenvalue weighted by Crippen LogP contribution is -2.35. The lowest BCUT2D eigenvalue weighted by Gasteiger charge is -2.22. The van der Waals surface area contributed by atoms with Crippen LogP contribution in [0, 0.1) is 12.7 Å². The fourth-order valence-corrected chi connectivity index (χ4v) is 4.18. The van der Waals surface area contributed by atoms with E-state index in [0.29, 0.717) is 36.7 Å². The number of aryl methyl sites for hydroxylation is 1. The lowest BCUT2D eigenvalue weighted by molar-refractivity contribution is -0.150. The Morgan fingerprint density at radius 1 is 0.872 bits per heavy atom. The van der Waals surface area contributed by atoms with Crippen molar-refractivity contribution in [3.63, 3.8) is 0 Å². The zero-order valence-electron chi connectivity index (χ0n) is 27.8. The zero-order chi connectivity index (χ0) is 34.4. The molecule has 47 heavy (non-hydrogen) atoms. The van der Waals surface area contributed by atoms with Crippen molar-refractivity contribution in [3.05, 3.63) is 137 Å². The Labute approximate surface area is 278 Å². The number of phenols is 1. The molecule has 0 radical (unpaired) electrons. The quantitative estimate of drug-likeness (QED) is 0.110. The second kappa shape index (κ2) is 21.7. The smallest absolute Gasteiger partial charge is 0.325 e. The van der Waals surface area contributed by atoms with Crippen LogP contribution in [0.4, 0.5) is 4.39 Å². The number of carbonyl (C=O) groups is 2. The standard InChI is InChI=1S/C20H22FNO3.C17H18O3.C2H6/c1-3-19(23)22(12-17-11-18(21)10-9-15(17)2)13-20(24)25-14-16-7-5-4-6-8-16;1-2-15-8-9-16(12-17(15)18)20-11-10-19-13-14-6-4-3-5-7-14;1-2/h4-11H,3,12-14H2,1-2H3;2-9,12,18H,1,10-11,13H2;1-2H3. The Morgan fingerprint density at radius 2 is 1.51 bits per heavy atom. The largest absolute Gasteiger partial charge is 0.507 e.